The number of rotatable bonds is 9. The lowest BCUT2D eigenvalue weighted by molar-refractivity contribution is -0.139. The van der Waals surface area contributed by atoms with Gasteiger partial charge in [-0.1, -0.05) is 71.1 Å². The van der Waals surface area contributed by atoms with E-state index in [2.05, 4.69) is 21.2 Å². The van der Waals surface area contributed by atoms with Gasteiger partial charge in [0, 0.05) is 27.8 Å². The van der Waals surface area contributed by atoms with Gasteiger partial charge in [0.15, 0.2) is 0 Å². The summed E-state index contributed by atoms with van der Waals surface area (Å²) in [6.45, 7) is 2.24. The van der Waals surface area contributed by atoms with E-state index in [0.29, 0.717) is 23.1 Å². The van der Waals surface area contributed by atoms with E-state index >= 15 is 0 Å². The van der Waals surface area contributed by atoms with Gasteiger partial charge in [0.05, 0.1) is 5.75 Å². The van der Waals surface area contributed by atoms with E-state index < -0.39 is 6.04 Å². The summed E-state index contributed by atoms with van der Waals surface area (Å²) in [5.74, 6) is 0.902. The minimum absolute atomic E-state index is 0.0359. The van der Waals surface area contributed by atoms with E-state index in [1.807, 2.05) is 55.5 Å². The van der Waals surface area contributed by atoms with Crippen LogP contribution in [0, 0.1) is 0 Å². The number of nitrogens with one attached hydrogen (secondary N) is 1. The molecule has 0 aliphatic heterocycles. The molecule has 2 amide bonds. The van der Waals surface area contributed by atoms with Gasteiger partial charge >= 0.3 is 0 Å². The Hall–Kier alpha value is -1.50. The highest BCUT2D eigenvalue weighted by molar-refractivity contribution is 9.10. The Labute approximate surface area is 208 Å². The Kier molecular flexibility index (Phi) is 9.94. The van der Waals surface area contributed by atoms with Crippen LogP contribution in [0.15, 0.2) is 53.0 Å². The lowest BCUT2D eigenvalue weighted by Gasteiger charge is -2.31. The van der Waals surface area contributed by atoms with Crippen LogP contribution in [0.3, 0.4) is 0 Å². The Balaban J connectivity index is 1.64. The molecule has 0 bridgehead atoms. The first kappa shape index (κ1) is 25.1. The fourth-order valence-electron chi connectivity index (χ4n) is 3.90. The van der Waals surface area contributed by atoms with E-state index in [-0.39, 0.29) is 17.9 Å². The van der Waals surface area contributed by atoms with Gasteiger partial charge in [-0.15, -0.1) is 11.8 Å². The molecule has 1 aliphatic rings. The van der Waals surface area contributed by atoms with E-state index in [1.54, 1.807) is 16.7 Å². The molecule has 4 nitrogen and oxygen atoms in total. The number of benzene rings is 2. The third-order valence-electron chi connectivity index (χ3n) is 5.77. The fourth-order valence-corrected chi connectivity index (χ4v) is 5.24. The Bertz CT molecular complexity index is 903. The molecule has 2 aromatic rings. The number of thioether (sulfide) groups is 1. The van der Waals surface area contributed by atoms with E-state index in [0.717, 1.165) is 41.3 Å². The number of nitrogens with zero attached hydrogens (tertiary/aromatic N) is 1. The van der Waals surface area contributed by atoms with Crippen LogP contribution < -0.4 is 5.32 Å². The lowest BCUT2D eigenvalue weighted by Crippen LogP contribution is -2.50. The maximum absolute atomic E-state index is 13.2. The molecule has 1 saturated carbocycles. The summed E-state index contributed by atoms with van der Waals surface area (Å²) in [7, 11) is 0. The van der Waals surface area contributed by atoms with Crippen molar-refractivity contribution in [3.8, 4) is 0 Å². The lowest BCUT2D eigenvalue weighted by atomic mass is 9.95. The topological polar surface area (TPSA) is 49.4 Å². The van der Waals surface area contributed by atoms with Crippen molar-refractivity contribution >= 4 is 51.1 Å². The summed E-state index contributed by atoms with van der Waals surface area (Å²) < 4.78 is 0.985. The fraction of sp³-hybridized carbons (Fsp3) is 0.440. The number of amides is 2. The van der Waals surface area contributed by atoms with Gasteiger partial charge in [0.25, 0.3) is 0 Å². The number of hydrogen-bond donors (Lipinski definition) is 1. The van der Waals surface area contributed by atoms with Gasteiger partial charge in [0.2, 0.25) is 11.8 Å². The number of carbonyl (C=O) groups excluding carboxylic acids is 2. The summed E-state index contributed by atoms with van der Waals surface area (Å²) in [4.78, 5) is 27.9. The summed E-state index contributed by atoms with van der Waals surface area (Å²) in [5.41, 5.74) is 2.08. The molecular formula is C25H30BrClN2O2S. The summed E-state index contributed by atoms with van der Waals surface area (Å²) in [6.07, 6.45) is 5.59. The number of halogens is 2. The first-order valence-electron chi connectivity index (χ1n) is 11.1. The summed E-state index contributed by atoms with van der Waals surface area (Å²) in [6, 6.07) is 15.2. The molecule has 0 heterocycles. The zero-order valence-electron chi connectivity index (χ0n) is 18.4. The predicted molar refractivity (Wildman–Crippen MR) is 137 cm³/mol. The van der Waals surface area contributed by atoms with E-state index in [4.69, 9.17) is 11.6 Å². The minimum Gasteiger partial charge on any atom is -0.352 e. The van der Waals surface area contributed by atoms with Crippen LogP contribution in [-0.2, 0) is 21.9 Å². The molecule has 0 unspecified atom stereocenters. The van der Waals surface area contributed by atoms with Crippen LogP contribution in [0.5, 0.6) is 0 Å². The van der Waals surface area contributed by atoms with Crippen LogP contribution >= 0.6 is 39.3 Å². The monoisotopic (exact) mass is 536 g/mol. The molecule has 1 fully saturated rings. The third kappa shape index (κ3) is 7.82. The van der Waals surface area contributed by atoms with Gasteiger partial charge in [-0.3, -0.25) is 9.59 Å². The average molecular weight is 538 g/mol. The normalized spacial score (nSPS) is 15.2. The van der Waals surface area contributed by atoms with Crippen molar-refractivity contribution in [3.05, 3.63) is 69.2 Å². The standard InChI is InChI=1S/C25H30BrClN2O2S/c1-18(25(31)28-23-8-3-2-4-9-23)29(15-19-10-12-21(26)13-11-19)24(30)17-32-16-20-6-5-7-22(27)14-20/h5-7,10-14,18,23H,2-4,8-9,15-17H2,1H3,(H,28,31)/t18-/m0/s1. The van der Waals surface area contributed by atoms with Crippen molar-refractivity contribution < 1.29 is 9.59 Å². The zero-order chi connectivity index (χ0) is 22.9. The van der Waals surface area contributed by atoms with Crippen molar-refractivity contribution in [3.63, 3.8) is 0 Å². The Morgan fingerprint density at radius 3 is 2.53 bits per heavy atom. The maximum atomic E-state index is 13.2. The molecule has 7 heteroatoms. The van der Waals surface area contributed by atoms with Crippen molar-refractivity contribution in [2.45, 2.75) is 63.4 Å². The van der Waals surface area contributed by atoms with E-state index in [1.165, 1.54) is 6.42 Å². The van der Waals surface area contributed by atoms with Crippen molar-refractivity contribution in [1.29, 1.82) is 0 Å². The molecule has 1 aliphatic carbocycles. The first-order valence-corrected chi connectivity index (χ1v) is 13.4. The largest absolute Gasteiger partial charge is 0.352 e. The molecule has 0 saturated heterocycles. The maximum Gasteiger partial charge on any atom is 0.242 e. The van der Waals surface area contributed by atoms with Gasteiger partial charge in [-0.25, -0.2) is 0 Å². The molecule has 3 rings (SSSR count). The van der Waals surface area contributed by atoms with Crippen molar-refractivity contribution in [2.75, 3.05) is 5.75 Å². The average Bonchev–Trinajstić information content (AvgIpc) is 2.79. The molecule has 0 radical (unpaired) electrons. The summed E-state index contributed by atoms with van der Waals surface area (Å²) >= 11 is 11.1. The highest BCUT2D eigenvalue weighted by Crippen LogP contribution is 2.21. The molecular weight excluding hydrogens is 508 g/mol. The minimum atomic E-state index is -0.528. The van der Waals surface area contributed by atoms with Gasteiger partial charge in [-0.05, 0) is 55.2 Å². The molecule has 32 heavy (non-hydrogen) atoms. The second-order valence-corrected chi connectivity index (χ2v) is 10.6. The van der Waals surface area contributed by atoms with Crippen LogP contribution in [-0.4, -0.2) is 34.6 Å². The number of hydrogen-bond acceptors (Lipinski definition) is 3. The molecule has 0 aromatic heterocycles. The molecule has 172 valence electrons. The predicted octanol–water partition coefficient (Wildman–Crippen LogP) is 6.20. The van der Waals surface area contributed by atoms with E-state index in [9.17, 15) is 9.59 Å². The van der Waals surface area contributed by atoms with Crippen LogP contribution in [0.2, 0.25) is 5.02 Å². The second kappa shape index (κ2) is 12.7. The van der Waals surface area contributed by atoms with Crippen LogP contribution in [0.25, 0.3) is 0 Å². The van der Waals surface area contributed by atoms with Crippen molar-refractivity contribution in [2.24, 2.45) is 0 Å². The highest BCUT2D eigenvalue weighted by Gasteiger charge is 2.28. The molecule has 1 N–H and O–H groups in total. The van der Waals surface area contributed by atoms with Gasteiger partial charge < -0.3 is 10.2 Å². The summed E-state index contributed by atoms with van der Waals surface area (Å²) in [5, 5.41) is 3.87. The quantitative estimate of drug-likeness (QED) is 0.414. The molecule has 2 aromatic carbocycles. The van der Waals surface area contributed by atoms with Crippen LogP contribution in [0.4, 0.5) is 0 Å². The highest BCUT2D eigenvalue weighted by atomic mass is 79.9. The molecule has 1 atom stereocenters. The van der Waals surface area contributed by atoms with Crippen molar-refractivity contribution in [1.82, 2.24) is 10.2 Å². The molecule has 0 spiro atoms. The van der Waals surface area contributed by atoms with Gasteiger partial charge in [0.1, 0.15) is 6.04 Å². The Morgan fingerprint density at radius 1 is 1.12 bits per heavy atom. The smallest absolute Gasteiger partial charge is 0.242 e. The Morgan fingerprint density at radius 2 is 1.84 bits per heavy atom. The second-order valence-electron chi connectivity index (χ2n) is 8.29. The third-order valence-corrected chi connectivity index (χ3v) is 7.52. The first-order chi connectivity index (χ1) is 15.4. The zero-order valence-corrected chi connectivity index (χ0v) is 21.5. The number of carbonyl (C=O) groups is 2. The van der Waals surface area contributed by atoms with Crippen LogP contribution in [0.1, 0.15) is 50.2 Å². The SMILES string of the molecule is C[C@@H](C(=O)NC1CCCCC1)N(Cc1ccc(Br)cc1)C(=O)CSCc1cccc(Cl)c1. The van der Waals surface area contributed by atoms with Gasteiger partial charge in [-0.2, -0.15) is 0 Å².